The van der Waals surface area contributed by atoms with Gasteiger partial charge in [-0.05, 0) is 0 Å². The van der Waals surface area contributed by atoms with Crippen LogP contribution in [0.15, 0.2) is 0 Å². The fourth-order valence-corrected chi connectivity index (χ4v) is 5.07. The predicted molar refractivity (Wildman–Crippen MR) is 113 cm³/mol. The first kappa shape index (κ1) is 34.8. The van der Waals surface area contributed by atoms with E-state index < -0.39 is 18.8 Å². The van der Waals surface area contributed by atoms with Crippen LogP contribution < -0.4 is 32.4 Å². The Balaban J connectivity index is -0.00000364. The van der Waals surface area contributed by atoms with Crippen molar-refractivity contribution in [1.82, 2.24) is 7.60 Å². The SMILES string of the molecule is CCCCCCCCCC(=O)[NH][Ti+2]([NH]C(=O)CCCCCCCCC)[O]CC.[Cl-].[Cl-]. The quantitative estimate of drug-likeness (QED) is 0.180. The molecule has 2 N–H and O–H groups in total. The molecule has 0 aromatic carbocycles. The summed E-state index contributed by atoms with van der Waals surface area (Å²) in [5.41, 5.74) is 0. The smallest absolute Gasteiger partial charge is 1.00 e. The van der Waals surface area contributed by atoms with Gasteiger partial charge >= 0.3 is 181 Å². The van der Waals surface area contributed by atoms with E-state index in [1.54, 1.807) is 0 Å². The van der Waals surface area contributed by atoms with Crippen molar-refractivity contribution in [2.24, 2.45) is 0 Å². The summed E-state index contributed by atoms with van der Waals surface area (Å²) in [4.78, 5) is 24.3. The first-order valence-corrected chi connectivity index (χ1v) is 13.9. The molecule has 0 unspecified atom stereocenters. The number of unbranched alkanes of at least 4 members (excludes halogenated alkanes) is 12. The van der Waals surface area contributed by atoms with Gasteiger partial charge in [0.2, 0.25) is 0 Å². The number of rotatable bonds is 20. The second kappa shape index (κ2) is 27.2. The maximum atomic E-state index is 12.1. The van der Waals surface area contributed by atoms with Crippen molar-refractivity contribution in [3.8, 4) is 0 Å². The molecule has 179 valence electrons. The number of nitrogens with one attached hydrogen (secondary N) is 2. The van der Waals surface area contributed by atoms with Gasteiger partial charge in [-0.15, -0.1) is 0 Å². The van der Waals surface area contributed by atoms with Crippen LogP contribution in [0.5, 0.6) is 0 Å². The summed E-state index contributed by atoms with van der Waals surface area (Å²) in [6.07, 6.45) is 17.8. The van der Waals surface area contributed by atoms with Gasteiger partial charge < -0.3 is 24.8 Å². The van der Waals surface area contributed by atoms with Crippen LogP contribution in [0.3, 0.4) is 0 Å². The normalized spacial score (nSPS) is 9.97. The van der Waals surface area contributed by atoms with Gasteiger partial charge in [-0.2, -0.15) is 0 Å². The van der Waals surface area contributed by atoms with Crippen molar-refractivity contribution in [3.63, 3.8) is 0 Å². The molecule has 0 atom stereocenters. The Kier molecular flexibility index (Phi) is 31.6. The van der Waals surface area contributed by atoms with Crippen LogP contribution in [0.25, 0.3) is 0 Å². The maximum Gasteiger partial charge on any atom is -1.00 e. The molecule has 0 fully saturated rings. The van der Waals surface area contributed by atoms with Crippen molar-refractivity contribution >= 4 is 11.8 Å². The van der Waals surface area contributed by atoms with E-state index in [1.807, 2.05) is 6.92 Å². The van der Waals surface area contributed by atoms with Crippen LogP contribution in [-0.2, 0) is 31.7 Å². The van der Waals surface area contributed by atoms with Crippen LogP contribution in [0.4, 0.5) is 0 Å². The summed E-state index contributed by atoms with van der Waals surface area (Å²) in [5.74, 6) is 0.0430. The molecule has 0 aromatic heterocycles. The fraction of sp³-hybridized carbons (Fsp3) is 0.909. The van der Waals surface area contributed by atoms with Crippen molar-refractivity contribution in [3.05, 3.63) is 0 Å². The van der Waals surface area contributed by atoms with E-state index in [1.165, 1.54) is 64.2 Å². The third-order valence-electron chi connectivity index (χ3n) is 4.81. The van der Waals surface area contributed by atoms with Gasteiger partial charge in [-0.1, -0.05) is 0 Å². The van der Waals surface area contributed by atoms with Crippen LogP contribution in [0.2, 0.25) is 0 Å². The second-order valence-electron chi connectivity index (χ2n) is 7.60. The van der Waals surface area contributed by atoms with Crippen molar-refractivity contribution in [2.75, 3.05) is 6.61 Å². The molecule has 0 saturated carbocycles. The van der Waals surface area contributed by atoms with Gasteiger partial charge in [0.05, 0.1) is 0 Å². The average molecular weight is 504 g/mol. The average Bonchev–Trinajstić information content (AvgIpc) is 2.66. The Morgan fingerprint density at radius 2 is 0.933 bits per heavy atom. The van der Waals surface area contributed by atoms with Crippen molar-refractivity contribution in [2.45, 2.75) is 124 Å². The van der Waals surface area contributed by atoms with Gasteiger partial charge in [0.15, 0.2) is 0 Å². The Morgan fingerprint density at radius 1 is 0.600 bits per heavy atom. The standard InChI is InChI=1S/2C10H21NO.C2H5O.2ClH.Ti/c2*1-2-3-4-5-6-7-8-9-10(11)12;1-2-3;;;/h2*2-9H2,1H3,(H2,11,12);2H2,1H3;2*1H;/q;;-1;;;+5/p-4. The van der Waals surface area contributed by atoms with Crippen LogP contribution in [-0.4, -0.2) is 18.4 Å². The molecule has 0 radical (unpaired) electrons. The fourth-order valence-electron chi connectivity index (χ4n) is 3.11. The van der Waals surface area contributed by atoms with Crippen LogP contribution in [0, 0.1) is 0 Å². The van der Waals surface area contributed by atoms with E-state index >= 15 is 0 Å². The third kappa shape index (κ3) is 24.5. The monoisotopic (exact) mass is 503 g/mol. The Bertz CT molecular complexity index is 359. The van der Waals surface area contributed by atoms with E-state index in [0.717, 1.165) is 25.7 Å². The van der Waals surface area contributed by atoms with Gasteiger partial charge in [-0.3, -0.25) is 0 Å². The minimum absolute atomic E-state index is 0. The summed E-state index contributed by atoms with van der Waals surface area (Å²) in [6, 6.07) is 0. The summed E-state index contributed by atoms with van der Waals surface area (Å²) in [6.45, 7) is 6.86. The Hall–Kier alpha value is 0.194. The van der Waals surface area contributed by atoms with Gasteiger partial charge in [0, 0.05) is 0 Å². The number of amides is 2. The molecule has 0 aliphatic heterocycles. The number of hydrogen-bond donors (Lipinski definition) is 2. The van der Waals surface area contributed by atoms with Crippen LogP contribution in [0.1, 0.15) is 124 Å². The molecular weight excluding hydrogens is 459 g/mol. The minimum atomic E-state index is -2.49. The molecule has 0 aromatic rings. The topological polar surface area (TPSA) is 67.4 Å². The molecule has 0 aliphatic rings. The number of halogens is 2. The summed E-state index contributed by atoms with van der Waals surface area (Å²) in [7, 11) is 0. The number of carbonyl (C=O) groups is 2. The predicted octanol–water partition coefficient (Wildman–Crippen LogP) is -0.0921. The van der Waals surface area contributed by atoms with Gasteiger partial charge in [-0.25, -0.2) is 0 Å². The number of carbonyl (C=O) groups excluding carboxylic acids is 2. The number of hydrogen-bond acceptors (Lipinski definition) is 3. The van der Waals surface area contributed by atoms with E-state index in [2.05, 4.69) is 21.4 Å². The van der Waals surface area contributed by atoms with E-state index in [-0.39, 0.29) is 36.6 Å². The van der Waals surface area contributed by atoms with E-state index in [0.29, 0.717) is 19.4 Å². The van der Waals surface area contributed by atoms with E-state index in [4.69, 9.17) is 3.32 Å². The first-order valence-electron chi connectivity index (χ1n) is 11.7. The summed E-state index contributed by atoms with van der Waals surface area (Å²) >= 11 is -2.49. The zero-order valence-electron chi connectivity index (χ0n) is 19.5. The molecule has 5 nitrogen and oxygen atoms in total. The molecule has 0 heterocycles. The Morgan fingerprint density at radius 3 is 1.27 bits per heavy atom. The molecule has 0 rings (SSSR count). The Labute approximate surface area is 205 Å². The van der Waals surface area contributed by atoms with Crippen LogP contribution >= 0.6 is 0 Å². The van der Waals surface area contributed by atoms with Gasteiger partial charge in [0.25, 0.3) is 0 Å². The van der Waals surface area contributed by atoms with Gasteiger partial charge in [0.1, 0.15) is 0 Å². The largest absolute Gasteiger partial charge is 1.00 e. The molecule has 0 spiro atoms. The van der Waals surface area contributed by atoms with Crippen molar-refractivity contribution in [1.29, 1.82) is 0 Å². The second-order valence-corrected chi connectivity index (χ2v) is 9.86. The van der Waals surface area contributed by atoms with E-state index in [9.17, 15) is 9.59 Å². The molecule has 0 saturated heterocycles. The summed E-state index contributed by atoms with van der Waals surface area (Å²) in [5, 5.41) is 0. The maximum absolute atomic E-state index is 12.1. The molecule has 0 bridgehead atoms. The minimum Gasteiger partial charge on any atom is -1.00 e. The summed E-state index contributed by atoms with van der Waals surface area (Å²) < 4.78 is 11.5. The molecule has 30 heavy (non-hydrogen) atoms. The van der Waals surface area contributed by atoms with Crippen molar-refractivity contribution < 1.29 is 56.5 Å². The molecule has 8 heteroatoms. The third-order valence-corrected chi connectivity index (χ3v) is 7.29. The zero-order valence-corrected chi connectivity index (χ0v) is 22.6. The zero-order chi connectivity index (χ0) is 20.9. The molecular formula is C22H45Cl2N2O3Ti. The first-order chi connectivity index (χ1) is 13.6. The molecule has 2 amide bonds. The molecule has 0 aliphatic carbocycles.